The second kappa shape index (κ2) is 6.43. The van der Waals surface area contributed by atoms with Crippen LogP contribution in [-0.2, 0) is 6.54 Å². The van der Waals surface area contributed by atoms with Crippen LogP contribution >= 0.6 is 11.3 Å². The number of thiophene rings is 1. The molecule has 0 fully saturated rings. The number of hydrogen-bond donors (Lipinski definition) is 2. The largest absolute Gasteiger partial charge is 0.387 e. The lowest BCUT2D eigenvalue weighted by atomic mass is 10.1. The van der Waals surface area contributed by atoms with Crippen LogP contribution in [0.5, 0.6) is 0 Å². The summed E-state index contributed by atoms with van der Waals surface area (Å²) in [6.45, 7) is 0.794. The Bertz CT molecular complexity index is 578. The highest BCUT2D eigenvalue weighted by molar-refractivity contribution is 7.07. The van der Waals surface area contributed by atoms with Crippen LogP contribution in [0.4, 0.5) is 4.39 Å². The number of hydrogen-bond acceptors (Lipinski definition) is 4. The van der Waals surface area contributed by atoms with Crippen molar-refractivity contribution in [2.75, 3.05) is 6.54 Å². The van der Waals surface area contributed by atoms with Crippen molar-refractivity contribution in [2.24, 2.45) is 0 Å². The van der Waals surface area contributed by atoms with Gasteiger partial charge in [-0.1, -0.05) is 0 Å². The standard InChI is InChI=1S/C14H13FN2OS/c15-13-4-10(6-16)3-11(5-13)7-17-8-14(18)12-1-2-19-9-12/h1-5,9,14,17-18H,7-8H2. The quantitative estimate of drug-likeness (QED) is 0.882. The second-order valence-electron chi connectivity index (χ2n) is 4.16. The van der Waals surface area contributed by atoms with Gasteiger partial charge < -0.3 is 10.4 Å². The molecule has 2 rings (SSSR count). The lowest BCUT2D eigenvalue weighted by Crippen LogP contribution is -2.20. The van der Waals surface area contributed by atoms with E-state index in [-0.39, 0.29) is 0 Å². The van der Waals surface area contributed by atoms with Gasteiger partial charge in [-0.15, -0.1) is 0 Å². The fraction of sp³-hybridized carbons (Fsp3) is 0.214. The predicted molar refractivity (Wildman–Crippen MR) is 72.1 cm³/mol. The van der Waals surface area contributed by atoms with Crippen LogP contribution in [0.25, 0.3) is 0 Å². The third-order valence-electron chi connectivity index (χ3n) is 2.68. The van der Waals surface area contributed by atoms with E-state index >= 15 is 0 Å². The van der Waals surface area contributed by atoms with Crippen molar-refractivity contribution in [1.29, 1.82) is 5.26 Å². The molecule has 1 unspecified atom stereocenters. The fourth-order valence-corrected chi connectivity index (χ4v) is 2.46. The molecule has 98 valence electrons. The summed E-state index contributed by atoms with van der Waals surface area (Å²) in [6.07, 6.45) is -0.574. The zero-order chi connectivity index (χ0) is 13.7. The van der Waals surface area contributed by atoms with Gasteiger partial charge >= 0.3 is 0 Å². The van der Waals surface area contributed by atoms with Crippen molar-refractivity contribution in [3.63, 3.8) is 0 Å². The molecule has 0 radical (unpaired) electrons. The first-order valence-corrected chi connectivity index (χ1v) is 6.74. The van der Waals surface area contributed by atoms with Crippen LogP contribution in [0.2, 0.25) is 0 Å². The lowest BCUT2D eigenvalue weighted by molar-refractivity contribution is 0.175. The smallest absolute Gasteiger partial charge is 0.124 e. The summed E-state index contributed by atoms with van der Waals surface area (Å²) in [5.74, 6) is -0.422. The molecule has 1 atom stereocenters. The number of nitrogens with one attached hydrogen (secondary N) is 1. The molecule has 1 aromatic carbocycles. The molecule has 0 amide bonds. The van der Waals surface area contributed by atoms with Gasteiger partial charge in [0.15, 0.2) is 0 Å². The molecule has 2 aromatic rings. The number of benzene rings is 1. The first-order valence-electron chi connectivity index (χ1n) is 5.79. The summed E-state index contributed by atoms with van der Waals surface area (Å²) in [6, 6.07) is 7.99. The number of halogens is 1. The minimum atomic E-state index is -0.574. The number of aliphatic hydroxyl groups is 1. The molecule has 0 aliphatic heterocycles. The Balaban J connectivity index is 1.89. The third-order valence-corrected chi connectivity index (χ3v) is 3.38. The number of rotatable bonds is 5. The maximum Gasteiger partial charge on any atom is 0.124 e. The minimum absolute atomic E-state index is 0.301. The van der Waals surface area contributed by atoms with E-state index in [0.717, 1.165) is 5.56 Å². The summed E-state index contributed by atoms with van der Waals surface area (Å²) in [4.78, 5) is 0. The Morgan fingerprint density at radius 2 is 2.26 bits per heavy atom. The molecule has 0 saturated carbocycles. The van der Waals surface area contributed by atoms with Crippen LogP contribution in [0.3, 0.4) is 0 Å². The summed E-state index contributed by atoms with van der Waals surface area (Å²) >= 11 is 1.53. The zero-order valence-electron chi connectivity index (χ0n) is 10.1. The molecule has 5 heteroatoms. The summed E-state index contributed by atoms with van der Waals surface area (Å²) in [7, 11) is 0. The molecule has 0 spiro atoms. The summed E-state index contributed by atoms with van der Waals surface area (Å²) in [5, 5.41) is 25.5. The molecule has 1 heterocycles. The van der Waals surface area contributed by atoms with Crippen LogP contribution in [0.15, 0.2) is 35.0 Å². The Morgan fingerprint density at radius 1 is 1.42 bits per heavy atom. The van der Waals surface area contributed by atoms with Crippen LogP contribution in [0, 0.1) is 17.1 Å². The average Bonchev–Trinajstić information content (AvgIpc) is 2.92. The van der Waals surface area contributed by atoms with E-state index in [1.807, 2.05) is 22.9 Å². The SMILES string of the molecule is N#Cc1cc(F)cc(CNCC(O)c2ccsc2)c1. The maximum atomic E-state index is 13.2. The van der Waals surface area contributed by atoms with Crippen LogP contribution in [0.1, 0.15) is 22.8 Å². The molecule has 0 aliphatic rings. The van der Waals surface area contributed by atoms with E-state index < -0.39 is 11.9 Å². The van der Waals surface area contributed by atoms with Gasteiger partial charge in [-0.25, -0.2) is 4.39 Å². The second-order valence-corrected chi connectivity index (χ2v) is 4.94. The van der Waals surface area contributed by atoms with E-state index in [9.17, 15) is 9.50 Å². The molecule has 1 aromatic heterocycles. The van der Waals surface area contributed by atoms with Gasteiger partial charge in [0.25, 0.3) is 0 Å². The van der Waals surface area contributed by atoms with Crippen molar-refractivity contribution in [2.45, 2.75) is 12.6 Å². The third kappa shape index (κ3) is 3.86. The summed E-state index contributed by atoms with van der Waals surface area (Å²) in [5.41, 5.74) is 1.86. The highest BCUT2D eigenvalue weighted by Gasteiger charge is 2.07. The first kappa shape index (κ1) is 13.7. The Labute approximate surface area is 114 Å². The van der Waals surface area contributed by atoms with Gasteiger partial charge in [-0.05, 0) is 46.2 Å². The average molecular weight is 276 g/mol. The predicted octanol–water partition coefficient (Wildman–Crippen LogP) is 2.58. The lowest BCUT2D eigenvalue weighted by Gasteiger charge is -2.10. The van der Waals surface area contributed by atoms with E-state index in [1.54, 1.807) is 6.07 Å². The van der Waals surface area contributed by atoms with Crippen molar-refractivity contribution < 1.29 is 9.50 Å². The van der Waals surface area contributed by atoms with Gasteiger partial charge in [0, 0.05) is 13.1 Å². The maximum absolute atomic E-state index is 13.2. The van der Waals surface area contributed by atoms with E-state index in [4.69, 9.17) is 5.26 Å². The molecule has 2 N–H and O–H groups in total. The fourth-order valence-electron chi connectivity index (χ4n) is 1.75. The Hall–Kier alpha value is -1.74. The van der Waals surface area contributed by atoms with E-state index in [2.05, 4.69) is 5.32 Å². The number of nitrogens with zero attached hydrogens (tertiary/aromatic N) is 1. The topological polar surface area (TPSA) is 56.0 Å². The normalized spacial score (nSPS) is 12.1. The van der Waals surface area contributed by atoms with E-state index in [1.165, 1.54) is 23.5 Å². The van der Waals surface area contributed by atoms with Gasteiger partial charge in [-0.2, -0.15) is 16.6 Å². The van der Waals surface area contributed by atoms with Gasteiger partial charge in [0.1, 0.15) is 5.82 Å². The van der Waals surface area contributed by atoms with E-state index in [0.29, 0.717) is 24.2 Å². The monoisotopic (exact) mass is 276 g/mol. The Morgan fingerprint density at radius 3 is 2.95 bits per heavy atom. The summed E-state index contributed by atoms with van der Waals surface area (Å²) < 4.78 is 13.2. The van der Waals surface area contributed by atoms with Crippen molar-refractivity contribution in [3.8, 4) is 6.07 Å². The molecule has 0 aliphatic carbocycles. The molecule has 19 heavy (non-hydrogen) atoms. The molecular weight excluding hydrogens is 263 g/mol. The number of aliphatic hydroxyl groups excluding tert-OH is 1. The van der Waals surface area contributed by atoms with Crippen molar-refractivity contribution in [1.82, 2.24) is 5.32 Å². The van der Waals surface area contributed by atoms with Crippen molar-refractivity contribution >= 4 is 11.3 Å². The minimum Gasteiger partial charge on any atom is -0.387 e. The van der Waals surface area contributed by atoms with Crippen LogP contribution < -0.4 is 5.32 Å². The van der Waals surface area contributed by atoms with Gasteiger partial charge in [0.2, 0.25) is 0 Å². The van der Waals surface area contributed by atoms with Gasteiger partial charge in [0.05, 0.1) is 17.7 Å². The van der Waals surface area contributed by atoms with Crippen molar-refractivity contribution in [3.05, 3.63) is 57.5 Å². The molecule has 0 saturated heterocycles. The molecular formula is C14H13FN2OS. The van der Waals surface area contributed by atoms with Crippen LogP contribution in [-0.4, -0.2) is 11.7 Å². The Kier molecular flexibility index (Phi) is 4.63. The van der Waals surface area contributed by atoms with Gasteiger partial charge in [-0.3, -0.25) is 0 Å². The molecule has 0 bridgehead atoms. The first-order chi connectivity index (χ1) is 9.19. The zero-order valence-corrected chi connectivity index (χ0v) is 11.0. The molecule has 3 nitrogen and oxygen atoms in total. The highest BCUT2D eigenvalue weighted by Crippen LogP contribution is 2.15. The number of nitriles is 1. The highest BCUT2D eigenvalue weighted by atomic mass is 32.1.